The zero-order chi connectivity index (χ0) is 12.3. The lowest BCUT2D eigenvalue weighted by atomic mass is 9.95. The van der Waals surface area contributed by atoms with Crippen LogP contribution in [-0.2, 0) is 4.79 Å². The largest absolute Gasteiger partial charge is 0.358 e. The molecule has 2 heterocycles. The van der Waals surface area contributed by atoms with Crippen molar-refractivity contribution in [2.75, 3.05) is 33.7 Å². The van der Waals surface area contributed by atoms with Crippen LogP contribution in [0.2, 0.25) is 0 Å². The van der Waals surface area contributed by atoms with E-state index >= 15 is 0 Å². The van der Waals surface area contributed by atoms with Crippen molar-refractivity contribution in [2.24, 2.45) is 0 Å². The fraction of sp³-hybridized carbons (Fsp3) is 0.923. The highest BCUT2D eigenvalue weighted by molar-refractivity contribution is 5.81. The molecule has 2 saturated heterocycles. The van der Waals surface area contributed by atoms with Gasteiger partial charge in [-0.05, 0) is 52.4 Å². The first-order valence-electron chi connectivity index (χ1n) is 6.88. The Morgan fingerprint density at radius 2 is 1.82 bits per heavy atom. The zero-order valence-corrected chi connectivity index (χ0v) is 11.1. The maximum Gasteiger partial charge on any atom is 0.237 e. The Bertz CT molecular complexity index is 261. The van der Waals surface area contributed by atoms with E-state index in [1.165, 1.54) is 38.8 Å². The van der Waals surface area contributed by atoms with E-state index in [1.807, 2.05) is 0 Å². The number of amides is 1. The molecule has 4 nitrogen and oxygen atoms in total. The molecule has 4 heteroatoms. The average Bonchev–Trinajstić information content (AvgIpc) is 2.39. The first-order chi connectivity index (χ1) is 8.22. The summed E-state index contributed by atoms with van der Waals surface area (Å²) in [6, 6.07) is 0.746. The topological polar surface area (TPSA) is 35.6 Å². The van der Waals surface area contributed by atoms with E-state index in [0.29, 0.717) is 6.04 Å². The van der Waals surface area contributed by atoms with E-state index in [0.717, 1.165) is 13.0 Å². The number of carbonyl (C=O) groups excluding carboxylic acids is 1. The van der Waals surface area contributed by atoms with Crippen molar-refractivity contribution in [3.05, 3.63) is 0 Å². The molecule has 0 aliphatic carbocycles. The van der Waals surface area contributed by atoms with Gasteiger partial charge in [0, 0.05) is 13.1 Å². The lowest BCUT2D eigenvalue weighted by Gasteiger charge is -2.43. The van der Waals surface area contributed by atoms with E-state index in [9.17, 15) is 4.79 Å². The Balaban J connectivity index is 1.98. The summed E-state index contributed by atoms with van der Waals surface area (Å²) in [4.78, 5) is 16.8. The van der Waals surface area contributed by atoms with Crippen molar-refractivity contribution in [2.45, 2.75) is 44.2 Å². The predicted molar refractivity (Wildman–Crippen MR) is 68.9 cm³/mol. The van der Waals surface area contributed by atoms with E-state index in [2.05, 4.69) is 22.2 Å². The Kier molecular flexibility index (Phi) is 4.40. The SMILES string of the molecule is CNC(=O)C1CCCCN1C1CCN(C)CC1. The molecule has 2 aliphatic rings. The van der Waals surface area contributed by atoms with Gasteiger partial charge in [0.2, 0.25) is 5.91 Å². The van der Waals surface area contributed by atoms with Crippen LogP contribution in [0.4, 0.5) is 0 Å². The Morgan fingerprint density at radius 3 is 2.47 bits per heavy atom. The molecule has 0 spiro atoms. The van der Waals surface area contributed by atoms with E-state index in [-0.39, 0.29) is 11.9 Å². The van der Waals surface area contributed by atoms with Crippen molar-refractivity contribution in [1.82, 2.24) is 15.1 Å². The third-order valence-electron chi connectivity index (χ3n) is 4.25. The number of hydrogen-bond donors (Lipinski definition) is 1. The van der Waals surface area contributed by atoms with Crippen molar-refractivity contribution in [3.8, 4) is 0 Å². The average molecular weight is 239 g/mol. The number of rotatable bonds is 2. The lowest BCUT2D eigenvalue weighted by molar-refractivity contribution is -0.128. The Morgan fingerprint density at radius 1 is 1.12 bits per heavy atom. The molecule has 1 amide bonds. The van der Waals surface area contributed by atoms with Crippen molar-refractivity contribution in [1.29, 1.82) is 0 Å². The van der Waals surface area contributed by atoms with Crippen LogP contribution in [-0.4, -0.2) is 61.5 Å². The van der Waals surface area contributed by atoms with Gasteiger partial charge in [0.1, 0.15) is 0 Å². The number of piperidine rings is 2. The van der Waals surface area contributed by atoms with Gasteiger partial charge in [-0.2, -0.15) is 0 Å². The number of carbonyl (C=O) groups is 1. The van der Waals surface area contributed by atoms with Crippen LogP contribution in [0.5, 0.6) is 0 Å². The second-order valence-corrected chi connectivity index (χ2v) is 5.40. The van der Waals surface area contributed by atoms with Gasteiger partial charge in [-0.15, -0.1) is 0 Å². The second-order valence-electron chi connectivity index (χ2n) is 5.40. The lowest BCUT2D eigenvalue weighted by Crippen LogP contribution is -2.55. The Labute approximate surface area is 104 Å². The molecule has 17 heavy (non-hydrogen) atoms. The molecule has 1 unspecified atom stereocenters. The van der Waals surface area contributed by atoms with E-state index in [4.69, 9.17) is 0 Å². The molecule has 1 atom stereocenters. The number of hydrogen-bond acceptors (Lipinski definition) is 3. The summed E-state index contributed by atoms with van der Waals surface area (Å²) in [6.45, 7) is 3.44. The summed E-state index contributed by atoms with van der Waals surface area (Å²) in [7, 11) is 3.94. The number of likely N-dealkylation sites (tertiary alicyclic amines) is 2. The monoisotopic (exact) mass is 239 g/mol. The predicted octanol–water partition coefficient (Wildman–Crippen LogP) is 0.681. The maximum absolute atomic E-state index is 11.9. The van der Waals surface area contributed by atoms with Crippen molar-refractivity contribution >= 4 is 5.91 Å². The molecular weight excluding hydrogens is 214 g/mol. The maximum atomic E-state index is 11.9. The summed E-state index contributed by atoms with van der Waals surface area (Å²) < 4.78 is 0. The molecule has 0 aromatic rings. The van der Waals surface area contributed by atoms with E-state index in [1.54, 1.807) is 7.05 Å². The second kappa shape index (κ2) is 5.83. The molecule has 2 aliphatic heterocycles. The third-order valence-corrected chi connectivity index (χ3v) is 4.25. The van der Waals surface area contributed by atoms with Gasteiger partial charge in [-0.1, -0.05) is 6.42 Å². The highest BCUT2D eigenvalue weighted by atomic mass is 16.2. The standard InChI is InChI=1S/C13H25N3O/c1-14-13(17)12-5-3-4-8-16(12)11-6-9-15(2)10-7-11/h11-12H,3-10H2,1-2H3,(H,14,17). The summed E-state index contributed by atoms with van der Waals surface area (Å²) in [5, 5.41) is 2.82. The first-order valence-corrected chi connectivity index (χ1v) is 6.88. The molecule has 0 aromatic heterocycles. The van der Waals surface area contributed by atoms with Crippen LogP contribution in [0, 0.1) is 0 Å². The highest BCUT2D eigenvalue weighted by Gasteiger charge is 2.33. The summed E-state index contributed by atoms with van der Waals surface area (Å²) in [5.74, 6) is 0.212. The number of nitrogens with one attached hydrogen (secondary N) is 1. The molecule has 2 rings (SSSR count). The van der Waals surface area contributed by atoms with Gasteiger partial charge in [0.25, 0.3) is 0 Å². The summed E-state index contributed by atoms with van der Waals surface area (Å²) in [6.07, 6.45) is 5.90. The van der Waals surface area contributed by atoms with Crippen molar-refractivity contribution in [3.63, 3.8) is 0 Å². The van der Waals surface area contributed by atoms with Crippen LogP contribution in [0.3, 0.4) is 0 Å². The molecule has 0 radical (unpaired) electrons. The van der Waals surface area contributed by atoms with Gasteiger partial charge in [0.15, 0.2) is 0 Å². The highest BCUT2D eigenvalue weighted by Crippen LogP contribution is 2.25. The van der Waals surface area contributed by atoms with Gasteiger partial charge in [-0.3, -0.25) is 9.69 Å². The van der Waals surface area contributed by atoms with Crippen LogP contribution < -0.4 is 5.32 Å². The fourth-order valence-electron chi connectivity index (χ4n) is 3.17. The van der Waals surface area contributed by atoms with Gasteiger partial charge < -0.3 is 10.2 Å². The minimum absolute atomic E-state index is 0.127. The smallest absolute Gasteiger partial charge is 0.237 e. The minimum Gasteiger partial charge on any atom is -0.358 e. The quantitative estimate of drug-likeness (QED) is 0.770. The van der Waals surface area contributed by atoms with Crippen LogP contribution in [0.1, 0.15) is 32.1 Å². The van der Waals surface area contributed by atoms with Crippen LogP contribution >= 0.6 is 0 Å². The fourth-order valence-corrected chi connectivity index (χ4v) is 3.17. The minimum atomic E-state index is 0.127. The molecular formula is C13H25N3O. The molecule has 98 valence electrons. The zero-order valence-electron chi connectivity index (χ0n) is 11.1. The molecule has 0 bridgehead atoms. The number of nitrogens with zero attached hydrogens (tertiary/aromatic N) is 2. The third kappa shape index (κ3) is 2.99. The van der Waals surface area contributed by atoms with E-state index < -0.39 is 0 Å². The summed E-state index contributed by atoms with van der Waals surface area (Å²) in [5.41, 5.74) is 0. The molecule has 0 saturated carbocycles. The van der Waals surface area contributed by atoms with Gasteiger partial charge in [0.05, 0.1) is 6.04 Å². The summed E-state index contributed by atoms with van der Waals surface area (Å²) >= 11 is 0. The molecule has 0 aromatic carbocycles. The van der Waals surface area contributed by atoms with Gasteiger partial charge in [-0.25, -0.2) is 0 Å². The normalized spacial score (nSPS) is 29.2. The van der Waals surface area contributed by atoms with Crippen LogP contribution in [0.25, 0.3) is 0 Å². The molecule has 2 fully saturated rings. The molecule has 1 N–H and O–H groups in total. The number of likely N-dealkylation sites (N-methyl/N-ethyl adjacent to an activating group) is 1. The van der Waals surface area contributed by atoms with Crippen molar-refractivity contribution < 1.29 is 4.79 Å². The first kappa shape index (κ1) is 12.8. The van der Waals surface area contributed by atoms with Crippen LogP contribution in [0.15, 0.2) is 0 Å². The Hall–Kier alpha value is -0.610. The van der Waals surface area contributed by atoms with Gasteiger partial charge >= 0.3 is 0 Å².